The van der Waals surface area contributed by atoms with Crippen molar-refractivity contribution in [3.05, 3.63) is 41.7 Å². The van der Waals surface area contributed by atoms with E-state index in [0.29, 0.717) is 12.0 Å². The lowest BCUT2D eigenvalue weighted by Crippen LogP contribution is -2.25. The predicted molar refractivity (Wildman–Crippen MR) is 58.9 cm³/mol. The molecule has 0 amide bonds. The van der Waals surface area contributed by atoms with E-state index < -0.39 is 0 Å². The molecule has 0 aromatic heterocycles. The zero-order valence-electron chi connectivity index (χ0n) is 8.78. The lowest BCUT2D eigenvalue weighted by atomic mass is 9.95. The highest BCUT2D eigenvalue weighted by Gasteiger charge is 2.36. The fourth-order valence-corrected chi connectivity index (χ4v) is 2.79. The van der Waals surface area contributed by atoms with Crippen molar-refractivity contribution in [2.75, 3.05) is 13.6 Å². The third-order valence-electron chi connectivity index (χ3n) is 3.57. The number of hydrogen-bond acceptors (Lipinski definition) is 1. The molecule has 1 nitrogen and oxygen atoms in total. The van der Waals surface area contributed by atoms with Crippen LogP contribution in [0.25, 0.3) is 5.57 Å². The third kappa shape index (κ3) is 1.40. The molecule has 1 aliphatic carbocycles. The van der Waals surface area contributed by atoms with Crippen LogP contribution in [0.1, 0.15) is 12.0 Å². The van der Waals surface area contributed by atoms with Crippen molar-refractivity contribution in [3.63, 3.8) is 0 Å². The van der Waals surface area contributed by atoms with Gasteiger partial charge in [-0.1, -0.05) is 18.2 Å². The quantitative estimate of drug-likeness (QED) is 0.678. The summed E-state index contributed by atoms with van der Waals surface area (Å²) in [4.78, 5) is 2.37. The Morgan fingerprint density at radius 2 is 2.27 bits per heavy atom. The van der Waals surface area contributed by atoms with Crippen molar-refractivity contribution in [1.29, 1.82) is 0 Å². The van der Waals surface area contributed by atoms with Gasteiger partial charge in [-0.15, -0.1) is 0 Å². The monoisotopic (exact) mass is 203 g/mol. The summed E-state index contributed by atoms with van der Waals surface area (Å²) in [5.41, 5.74) is 2.41. The van der Waals surface area contributed by atoms with Gasteiger partial charge >= 0.3 is 0 Å². The standard InChI is InChI=1S/C13H14FN/c1-15-8-10-6-12(15)7-13(10)9-3-2-4-11(14)5-9/h2-5,7,10,12H,6,8H2,1H3. The van der Waals surface area contributed by atoms with Crippen LogP contribution >= 0.6 is 0 Å². The molecule has 1 heterocycles. The van der Waals surface area contributed by atoms with Gasteiger partial charge in [-0.05, 0) is 42.7 Å². The minimum Gasteiger partial charge on any atom is -0.299 e. The van der Waals surface area contributed by atoms with Crippen LogP contribution in [-0.2, 0) is 0 Å². The fraction of sp³-hybridized carbons (Fsp3) is 0.385. The van der Waals surface area contributed by atoms with E-state index >= 15 is 0 Å². The summed E-state index contributed by atoms with van der Waals surface area (Å²) in [6.45, 7) is 1.12. The Bertz CT molecular complexity index is 424. The topological polar surface area (TPSA) is 3.24 Å². The highest BCUT2D eigenvalue weighted by molar-refractivity contribution is 5.71. The van der Waals surface area contributed by atoms with Crippen LogP contribution in [0, 0.1) is 11.7 Å². The smallest absolute Gasteiger partial charge is 0.123 e. The molecule has 0 saturated carbocycles. The first-order valence-electron chi connectivity index (χ1n) is 5.42. The van der Waals surface area contributed by atoms with Crippen molar-refractivity contribution >= 4 is 5.57 Å². The molecule has 3 rings (SSSR count). The largest absolute Gasteiger partial charge is 0.299 e. The first-order valence-corrected chi connectivity index (χ1v) is 5.42. The Labute approximate surface area is 89.2 Å². The van der Waals surface area contributed by atoms with E-state index in [1.54, 1.807) is 12.1 Å². The van der Waals surface area contributed by atoms with Crippen LogP contribution in [0.3, 0.4) is 0 Å². The molecule has 0 spiro atoms. The molecule has 78 valence electrons. The molecule has 2 unspecified atom stereocenters. The van der Waals surface area contributed by atoms with Gasteiger partial charge in [0.15, 0.2) is 0 Å². The van der Waals surface area contributed by atoms with Crippen molar-refractivity contribution < 1.29 is 4.39 Å². The Balaban J connectivity index is 1.97. The average Bonchev–Trinajstić information content (AvgIpc) is 2.76. The van der Waals surface area contributed by atoms with E-state index in [0.717, 1.165) is 12.1 Å². The number of rotatable bonds is 1. The van der Waals surface area contributed by atoms with E-state index in [2.05, 4.69) is 18.0 Å². The molecule has 0 N–H and O–H groups in total. The molecule has 1 saturated heterocycles. The summed E-state index contributed by atoms with van der Waals surface area (Å²) in [5, 5.41) is 0. The number of nitrogens with zero attached hydrogens (tertiary/aromatic N) is 1. The minimum atomic E-state index is -0.135. The maximum atomic E-state index is 13.1. The van der Waals surface area contributed by atoms with E-state index in [1.807, 2.05) is 6.07 Å². The van der Waals surface area contributed by atoms with Crippen LogP contribution in [0.5, 0.6) is 0 Å². The Morgan fingerprint density at radius 1 is 1.40 bits per heavy atom. The molecular formula is C13H14FN. The molecule has 2 heteroatoms. The molecule has 2 atom stereocenters. The summed E-state index contributed by atoms with van der Waals surface area (Å²) < 4.78 is 13.1. The van der Waals surface area contributed by atoms with Crippen molar-refractivity contribution in [1.82, 2.24) is 4.90 Å². The van der Waals surface area contributed by atoms with Crippen molar-refractivity contribution in [3.8, 4) is 0 Å². The first-order chi connectivity index (χ1) is 7.24. The minimum absolute atomic E-state index is 0.135. The summed E-state index contributed by atoms with van der Waals surface area (Å²) in [7, 11) is 2.16. The summed E-state index contributed by atoms with van der Waals surface area (Å²) in [6.07, 6.45) is 3.51. The van der Waals surface area contributed by atoms with Crippen LogP contribution < -0.4 is 0 Å². The Hall–Kier alpha value is -1.15. The number of benzene rings is 1. The maximum Gasteiger partial charge on any atom is 0.123 e. The van der Waals surface area contributed by atoms with Crippen LogP contribution in [0.2, 0.25) is 0 Å². The van der Waals surface area contributed by atoms with E-state index in [9.17, 15) is 4.39 Å². The van der Waals surface area contributed by atoms with Crippen molar-refractivity contribution in [2.24, 2.45) is 5.92 Å². The van der Waals surface area contributed by atoms with Gasteiger partial charge in [0.25, 0.3) is 0 Å². The second-order valence-corrected chi connectivity index (χ2v) is 4.57. The highest BCUT2D eigenvalue weighted by Crippen LogP contribution is 2.41. The van der Waals surface area contributed by atoms with Gasteiger partial charge in [-0.2, -0.15) is 0 Å². The lowest BCUT2D eigenvalue weighted by molar-refractivity contribution is 0.347. The molecule has 2 bridgehead atoms. The zero-order chi connectivity index (χ0) is 10.4. The molecule has 1 fully saturated rings. The predicted octanol–water partition coefficient (Wildman–Crippen LogP) is 2.54. The number of likely N-dealkylation sites (N-methyl/N-ethyl adjacent to an activating group) is 1. The average molecular weight is 203 g/mol. The van der Waals surface area contributed by atoms with Crippen molar-refractivity contribution in [2.45, 2.75) is 12.5 Å². The number of hydrogen-bond donors (Lipinski definition) is 0. The number of halogens is 1. The van der Waals surface area contributed by atoms with Crippen LogP contribution in [0.4, 0.5) is 4.39 Å². The van der Waals surface area contributed by atoms with Crippen LogP contribution in [0.15, 0.2) is 30.3 Å². The summed E-state index contributed by atoms with van der Waals surface area (Å²) >= 11 is 0. The fourth-order valence-electron chi connectivity index (χ4n) is 2.79. The van der Waals surface area contributed by atoms with Gasteiger partial charge in [-0.25, -0.2) is 4.39 Å². The maximum absolute atomic E-state index is 13.1. The van der Waals surface area contributed by atoms with E-state index in [-0.39, 0.29) is 5.82 Å². The molecule has 1 aromatic carbocycles. The zero-order valence-corrected chi connectivity index (χ0v) is 8.78. The number of likely N-dealkylation sites (tertiary alicyclic amines) is 1. The summed E-state index contributed by atoms with van der Waals surface area (Å²) in [6, 6.07) is 7.53. The van der Waals surface area contributed by atoms with Gasteiger partial charge in [0.05, 0.1) is 0 Å². The lowest BCUT2D eigenvalue weighted by Gasteiger charge is -2.21. The molecule has 0 radical (unpaired) electrons. The third-order valence-corrected chi connectivity index (χ3v) is 3.57. The van der Waals surface area contributed by atoms with Gasteiger partial charge < -0.3 is 0 Å². The van der Waals surface area contributed by atoms with Crippen LogP contribution in [-0.4, -0.2) is 24.5 Å². The molecular weight excluding hydrogens is 189 g/mol. The van der Waals surface area contributed by atoms with Gasteiger partial charge in [-0.3, -0.25) is 4.90 Å². The SMILES string of the molecule is CN1CC2CC1C=C2c1cccc(F)c1. The Morgan fingerprint density at radius 3 is 2.87 bits per heavy atom. The highest BCUT2D eigenvalue weighted by atomic mass is 19.1. The molecule has 15 heavy (non-hydrogen) atoms. The van der Waals surface area contributed by atoms with E-state index in [4.69, 9.17) is 0 Å². The normalized spacial score (nSPS) is 29.6. The van der Waals surface area contributed by atoms with Gasteiger partial charge in [0.1, 0.15) is 5.82 Å². The summed E-state index contributed by atoms with van der Waals surface area (Å²) in [5.74, 6) is 0.478. The molecule has 2 aliphatic rings. The second-order valence-electron chi connectivity index (χ2n) is 4.57. The second kappa shape index (κ2) is 3.17. The first kappa shape index (κ1) is 9.10. The van der Waals surface area contributed by atoms with Gasteiger partial charge in [0, 0.05) is 12.6 Å². The molecule has 1 aliphatic heterocycles. The van der Waals surface area contributed by atoms with E-state index in [1.165, 1.54) is 18.1 Å². The Kier molecular flexibility index (Phi) is 1.93. The molecule has 1 aromatic rings. The number of fused-ring (bicyclic) bond motifs is 2. The van der Waals surface area contributed by atoms with Gasteiger partial charge in [0.2, 0.25) is 0 Å².